The molecule has 2 saturated heterocycles. The van der Waals surface area contributed by atoms with Gasteiger partial charge in [0.15, 0.2) is 11.5 Å². The van der Waals surface area contributed by atoms with Crippen LogP contribution < -0.4 is 14.8 Å². The molecule has 2 aliphatic carbocycles. The number of amides is 1. The van der Waals surface area contributed by atoms with Gasteiger partial charge in [-0.1, -0.05) is 36.4 Å². The van der Waals surface area contributed by atoms with Crippen molar-refractivity contribution in [2.45, 2.75) is 62.2 Å². The smallest absolute Gasteiger partial charge is 0.221 e. The minimum atomic E-state index is -0.988. The Morgan fingerprint density at radius 3 is 2.74 bits per heavy atom. The Balaban J connectivity index is 1.44. The number of aliphatic hydroxyl groups is 1. The van der Waals surface area contributed by atoms with Gasteiger partial charge in [-0.2, -0.15) is 0 Å². The highest BCUT2D eigenvalue weighted by molar-refractivity contribution is 5.80. The fraction of sp³-hybridized carbons (Fsp3) is 0.536. The summed E-state index contributed by atoms with van der Waals surface area (Å²) in [5, 5.41) is 15.5. The molecule has 2 heterocycles. The Kier molecular flexibility index (Phi) is 5.34. The van der Waals surface area contributed by atoms with E-state index in [1.54, 1.807) is 7.11 Å². The molecule has 2 N–H and O–H groups in total. The van der Waals surface area contributed by atoms with Crippen molar-refractivity contribution in [1.29, 1.82) is 0 Å². The first-order valence-corrected chi connectivity index (χ1v) is 12.6. The van der Waals surface area contributed by atoms with Gasteiger partial charge in [0.1, 0.15) is 6.61 Å². The number of nitrogens with zero attached hydrogens (tertiary/aromatic N) is 1. The molecule has 2 aromatic carbocycles. The number of carbonyl (C=O) groups is 1. The lowest BCUT2D eigenvalue weighted by Gasteiger charge is -2.61. The summed E-state index contributed by atoms with van der Waals surface area (Å²) in [6, 6.07) is 14.2. The molecule has 180 valence electrons. The summed E-state index contributed by atoms with van der Waals surface area (Å²) in [7, 11) is 1.67. The Labute approximate surface area is 201 Å². The Bertz CT molecular complexity index is 1090. The topological polar surface area (TPSA) is 71.0 Å². The van der Waals surface area contributed by atoms with E-state index in [-0.39, 0.29) is 18.4 Å². The van der Waals surface area contributed by atoms with Gasteiger partial charge in [0, 0.05) is 36.5 Å². The van der Waals surface area contributed by atoms with Crippen molar-refractivity contribution in [3.63, 3.8) is 0 Å². The van der Waals surface area contributed by atoms with Gasteiger partial charge in [-0.25, -0.2) is 0 Å². The second-order valence-electron chi connectivity index (χ2n) is 10.6. The zero-order valence-electron chi connectivity index (χ0n) is 19.9. The predicted molar refractivity (Wildman–Crippen MR) is 129 cm³/mol. The molecule has 2 aromatic rings. The van der Waals surface area contributed by atoms with Crippen LogP contribution in [-0.4, -0.2) is 54.3 Å². The van der Waals surface area contributed by atoms with Crippen molar-refractivity contribution < 1.29 is 19.4 Å². The Morgan fingerprint density at radius 2 is 1.97 bits per heavy atom. The first kappa shape index (κ1) is 21.9. The molecule has 1 saturated carbocycles. The van der Waals surface area contributed by atoms with Crippen LogP contribution in [0.5, 0.6) is 11.5 Å². The molecule has 2 bridgehead atoms. The maximum atomic E-state index is 12.9. The van der Waals surface area contributed by atoms with Crippen LogP contribution in [0.25, 0.3) is 0 Å². The van der Waals surface area contributed by atoms with E-state index in [4.69, 9.17) is 9.47 Å². The molecule has 3 atom stereocenters. The van der Waals surface area contributed by atoms with Crippen molar-refractivity contribution in [3.8, 4) is 11.5 Å². The minimum absolute atomic E-state index is 0.0100. The van der Waals surface area contributed by atoms with E-state index in [9.17, 15) is 9.90 Å². The average Bonchev–Trinajstić information content (AvgIpc) is 3.67. The van der Waals surface area contributed by atoms with Gasteiger partial charge in [-0.15, -0.1) is 0 Å². The molecule has 0 aromatic heterocycles. The van der Waals surface area contributed by atoms with Gasteiger partial charge in [0.2, 0.25) is 5.91 Å². The maximum Gasteiger partial charge on any atom is 0.221 e. The van der Waals surface area contributed by atoms with Gasteiger partial charge < -0.3 is 19.9 Å². The summed E-state index contributed by atoms with van der Waals surface area (Å²) < 4.78 is 12.3. The fourth-order valence-corrected chi connectivity index (χ4v) is 6.84. The number of benzene rings is 2. The third kappa shape index (κ3) is 3.42. The molecule has 0 spiro atoms. The highest BCUT2D eigenvalue weighted by atomic mass is 16.5. The van der Waals surface area contributed by atoms with Gasteiger partial charge in [0.05, 0.1) is 12.7 Å². The molecule has 3 fully saturated rings. The number of hydrogen-bond acceptors (Lipinski definition) is 5. The number of fused-ring (bicyclic) bond motifs is 1. The van der Waals surface area contributed by atoms with E-state index in [0.29, 0.717) is 31.1 Å². The number of ether oxygens (including phenoxy) is 2. The van der Waals surface area contributed by atoms with Crippen LogP contribution in [0.4, 0.5) is 0 Å². The number of hydrogen-bond donors (Lipinski definition) is 2. The van der Waals surface area contributed by atoms with Crippen LogP contribution >= 0.6 is 0 Å². The second kappa shape index (κ2) is 8.28. The summed E-state index contributed by atoms with van der Waals surface area (Å²) in [4.78, 5) is 15.5. The summed E-state index contributed by atoms with van der Waals surface area (Å²) in [5.41, 5.74) is 1.58. The lowest BCUT2D eigenvalue weighted by Crippen LogP contribution is -2.71. The molecular weight excluding hydrogens is 428 g/mol. The highest BCUT2D eigenvalue weighted by Crippen LogP contribution is 2.59. The monoisotopic (exact) mass is 462 g/mol. The predicted octanol–water partition coefficient (Wildman–Crippen LogP) is 3.19. The van der Waals surface area contributed by atoms with E-state index in [0.717, 1.165) is 43.0 Å². The molecule has 6 nitrogen and oxygen atoms in total. The maximum absolute atomic E-state index is 12.9. The Morgan fingerprint density at radius 1 is 1.15 bits per heavy atom. The lowest BCUT2D eigenvalue weighted by atomic mass is 9.52. The molecule has 0 radical (unpaired) electrons. The fourth-order valence-electron chi connectivity index (χ4n) is 6.84. The molecule has 6 rings (SSSR count). The lowest BCUT2D eigenvalue weighted by molar-refractivity contribution is -0.154. The third-order valence-corrected chi connectivity index (χ3v) is 8.67. The first-order valence-electron chi connectivity index (χ1n) is 12.6. The summed E-state index contributed by atoms with van der Waals surface area (Å²) in [6.07, 6.45) is 4.93. The molecular formula is C28H34N2O4. The van der Waals surface area contributed by atoms with E-state index >= 15 is 0 Å². The first-order chi connectivity index (χ1) is 16.5. The molecule has 3 unspecified atom stereocenters. The van der Waals surface area contributed by atoms with E-state index < -0.39 is 11.0 Å². The Hall–Kier alpha value is -2.57. The zero-order chi connectivity index (χ0) is 23.3. The van der Waals surface area contributed by atoms with Crippen LogP contribution in [0.3, 0.4) is 0 Å². The molecule has 6 heteroatoms. The quantitative estimate of drug-likeness (QED) is 0.690. The minimum Gasteiger partial charge on any atom is -0.493 e. The van der Waals surface area contributed by atoms with Crippen LogP contribution in [-0.2, 0) is 23.2 Å². The van der Waals surface area contributed by atoms with Crippen LogP contribution in [0.1, 0.15) is 48.8 Å². The van der Waals surface area contributed by atoms with Crippen molar-refractivity contribution in [1.82, 2.24) is 10.2 Å². The van der Waals surface area contributed by atoms with Crippen molar-refractivity contribution >= 4 is 5.91 Å². The summed E-state index contributed by atoms with van der Waals surface area (Å²) in [5.74, 6) is 2.11. The SMILES string of the molecule is COc1c(OCc2ccccc2)ccc2c1C13CCN(CC4CC4)C(C2)C1(O)CCNC(=O)C3. The van der Waals surface area contributed by atoms with E-state index in [1.165, 1.54) is 18.4 Å². The van der Waals surface area contributed by atoms with Crippen LogP contribution in [0.2, 0.25) is 0 Å². The normalized spacial score (nSPS) is 30.5. The summed E-state index contributed by atoms with van der Waals surface area (Å²) >= 11 is 0. The summed E-state index contributed by atoms with van der Waals surface area (Å²) in [6.45, 7) is 2.89. The van der Waals surface area contributed by atoms with Gasteiger partial charge in [-0.3, -0.25) is 9.69 Å². The standard InChI is InChI=1S/C28H34N2O4/c1-33-26-22(34-18-20-5-3-2-4-6-20)10-9-21-15-23-28(32)11-13-29-24(31)16-27(28,25(21)26)12-14-30(23)17-19-7-8-19/h2-6,9-10,19,23,32H,7-8,11-18H2,1H3,(H,29,31). The largest absolute Gasteiger partial charge is 0.493 e. The van der Waals surface area contributed by atoms with Crippen molar-refractivity contribution in [2.24, 2.45) is 5.92 Å². The van der Waals surface area contributed by atoms with Crippen molar-refractivity contribution in [3.05, 3.63) is 59.2 Å². The van der Waals surface area contributed by atoms with Crippen molar-refractivity contribution in [2.75, 3.05) is 26.7 Å². The second-order valence-corrected chi connectivity index (χ2v) is 10.6. The average molecular weight is 463 g/mol. The molecule has 4 aliphatic rings. The highest BCUT2D eigenvalue weighted by Gasteiger charge is 2.65. The molecule has 1 amide bonds. The number of carbonyl (C=O) groups excluding carboxylic acids is 1. The number of rotatable bonds is 6. The van der Waals surface area contributed by atoms with Crippen LogP contribution in [0, 0.1) is 5.92 Å². The molecule has 2 aliphatic heterocycles. The zero-order valence-corrected chi connectivity index (χ0v) is 19.9. The number of methoxy groups -OCH3 is 1. The molecule has 34 heavy (non-hydrogen) atoms. The van der Waals surface area contributed by atoms with Gasteiger partial charge in [0.25, 0.3) is 0 Å². The van der Waals surface area contributed by atoms with Crippen LogP contribution in [0.15, 0.2) is 42.5 Å². The van der Waals surface area contributed by atoms with Gasteiger partial charge >= 0.3 is 0 Å². The number of likely N-dealkylation sites (tertiary alicyclic amines) is 1. The van der Waals surface area contributed by atoms with E-state index in [1.807, 2.05) is 36.4 Å². The van der Waals surface area contributed by atoms with E-state index in [2.05, 4.69) is 16.3 Å². The number of piperidine rings is 1. The van der Waals surface area contributed by atoms with Gasteiger partial charge in [-0.05, 0) is 61.8 Å². The number of nitrogens with one attached hydrogen (secondary N) is 1. The third-order valence-electron chi connectivity index (χ3n) is 8.67.